The zero-order valence-electron chi connectivity index (χ0n) is 20.3. The molecule has 5 rings (SSSR count). The molecule has 1 amide bonds. The largest absolute Gasteiger partial charge is 0.482 e. The highest BCUT2D eigenvalue weighted by Crippen LogP contribution is 2.35. The van der Waals surface area contributed by atoms with Crippen molar-refractivity contribution in [3.8, 4) is 23.1 Å². The number of carbonyl (C=O) groups is 1. The third-order valence-corrected chi connectivity index (χ3v) is 6.69. The molecule has 0 unspecified atom stereocenters. The minimum atomic E-state index is -0.471. The summed E-state index contributed by atoms with van der Waals surface area (Å²) in [4.78, 5) is 17.8. The number of nitriles is 1. The molecular weight excluding hydrogens is 461 g/mol. The van der Waals surface area contributed by atoms with Gasteiger partial charge in [0.1, 0.15) is 40.5 Å². The van der Waals surface area contributed by atoms with Crippen LogP contribution >= 0.6 is 0 Å². The third-order valence-electron chi connectivity index (χ3n) is 6.69. The molecule has 184 valence electrons. The number of ether oxygens (including phenoxy) is 1. The molecule has 0 saturated carbocycles. The van der Waals surface area contributed by atoms with Gasteiger partial charge in [0.25, 0.3) is 0 Å². The second kappa shape index (κ2) is 9.41. The van der Waals surface area contributed by atoms with E-state index in [0.29, 0.717) is 34.8 Å². The Morgan fingerprint density at radius 1 is 1.31 bits per heavy atom. The summed E-state index contributed by atoms with van der Waals surface area (Å²) in [5.74, 6) is 0.119. The molecule has 0 aromatic carbocycles. The van der Waals surface area contributed by atoms with Gasteiger partial charge in [0, 0.05) is 37.5 Å². The van der Waals surface area contributed by atoms with Gasteiger partial charge in [-0.1, -0.05) is 0 Å². The first-order chi connectivity index (χ1) is 17.4. The fraction of sp³-hybridized carbons (Fsp3) is 0.346. The SMILES string of the molecule is CC(=O)N1CCC[C@H](n2ncc(-c3nn4cccc(O[C@H](C)c5ccc(F)cn5)c4c3C#N)c2C)C1. The second-order valence-electron chi connectivity index (χ2n) is 9.01. The van der Waals surface area contributed by atoms with Gasteiger partial charge in [-0.3, -0.25) is 14.5 Å². The normalized spacial score (nSPS) is 16.6. The molecule has 1 aliphatic rings. The topological polar surface area (TPSA) is 101 Å². The van der Waals surface area contributed by atoms with E-state index in [-0.39, 0.29) is 11.9 Å². The Hall–Kier alpha value is -4.26. The maximum atomic E-state index is 13.3. The van der Waals surface area contributed by atoms with Gasteiger partial charge in [0.15, 0.2) is 0 Å². The van der Waals surface area contributed by atoms with Gasteiger partial charge in [0.05, 0.1) is 24.1 Å². The minimum absolute atomic E-state index is 0.0643. The maximum Gasteiger partial charge on any atom is 0.219 e. The lowest BCUT2D eigenvalue weighted by Crippen LogP contribution is -2.39. The number of hydrogen-bond acceptors (Lipinski definition) is 6. The summed E-state index contributed by atoms with van der Waals surface area (Å²) in [5.41, 5.74) is 3.65. The van der Waals surface area contributed by atoms with Crippen LogP contribution in [0.1, 0.15) is 55.8 Å². The molecule has 1 saturated heterocycles. The van der Waals surface area contributed by atoms with E-state index in [1.807, 2.05) is 23.4 Å². The van der Waals surface area contributed by atoms with E-state index in [9.17, 15) is 14.4 Å². The van der Waals surface area contributed by atoms with Crippen molar-refractivity contribution in [2.75, 3.05) is 13.1 Å². The van der Waals surface area contributed by atoms with Crippen LogP contribution in [0.15, 0.2) is 42.9 Å². The summed E-state index contributed by atoms with van der Waals surface area (Å²) in [6.07, 6.45) is 6.01. The standard InChI is InChI=1S/C26H26FN7O2/c1-16-22(14-30-34(16)20-6-4-10-32(15-20)18(3)35)25-21(12-28)26-24(7-5-11-33(26)31-25)36-17(2)23-9-8-19(27)13-29-23/h5,7-9,11,13-14,17,20H,4,6,10,15H2,1-3H3/t17-,20+/m1/s1. The quantitative estimate of drug-likeness (QED) is 0.417. The second-order valence-corrected chi connectivity index (χ2v) is 9.01. The first-order valence-corrected chi connectivity index (χ1v) is 11.9. The fourth-order valence-electron chi connectivity index (χ4n) is 4.80. The Morgan fingerprint density at radius 2 is 2.14 bits per heavy atom. The van der Waals surface area contributed by atoms with Gasteiger partial charge < -0.3 is 9.64 Å². The van der Waals surface area contributed by atoms with E-state index in [0.717, 1.165) is 36.8 Å². The van der Waals surface area contributed by atoms with E-state index in [4.69, 9.17) is 9.84 Å². The van der Waals surface area contributed by atoms with E-state index in [1.54, 1.807) is 42.0 Å². The number of nitrogens with zero attached hydrogens (tertiary/aromatic N) is 7. The summed E-state index contributed by atoms with van der Waals surface area (Å²) in [5, 5.41) is 19.5. The summed E-state index contributed by atoms with van der Waals surface area (Å²) in [6.45, 7) is 6.74. The van der Waals surface area contributed by atoms with E-state index in [1.165, 1.54) is 6.07 Å². The number of likely N-dealkylation sites (tertiary alicyclic amines) is 1. The number of fused-ring (bicyclic) bond motifs is 1. The molecule has 0 bridgehead atoms. The third kappa shape index (κ3) is 4.17. The number of piperidine rings is 1. The van der Waals surface area contributed by atoms with Crippen molar-refractivity contribution in [1.82, 2.24) is 29.3 Å². The van der Waals surface area contributed by atoms with Crippen LogP contribution in [0.3, 0.4) is 0 Å². The van der Waals surface area contributed by atoms with Crippen LogP contribution in [0.4, 0.5) is 4.39 Å². The van der Waals surface area contributed by atoms with Crippen molar-refractivity contribution < 1.29 is 13.9 Å². The Balaban J connectivity index is 1.51. The average Bonchev–Trinajstić information content (AvgIpc) is 3.44. The monoisotopic (exact) mass is 487 g/mol. The first kappa shape index (κ1) is 23.5. The Morgan fingerprint density at radius 3 is 2.86 bits per heavy atom. The predicted molar refractivity (Wildman–Crippen MR) is 130 cm³/mol. The van der Waals surface area contributed by atoms with Crippen LogP contribution in [-0.4, -0.2) is 48.3 Å². The summed E-state index contributed by atoms with van der Waals surface area (Å²) >= 11 is 0. The number of pyridine rings is 2. The lowest BCUT2D eigenvalue weighted by Gasteiger charge is -2.32. The predicted octanol–water partition coefficient (Wildman–Crippen LogP) is 4.24. The van der Waals surface area contributed by atoms with Crippen LogP contribution in [0.2, 0.25) is 0 Å². The highest BCUT2D eigenvalue weighted by molar-refractivity contribution is 5.81. The lowest BCUT2D eigenvalue weighted by molar-refractivity contribution is -0.130. The number of amides is 1. The molecule has 0 radical (unpaired) electrons. The van der Waals surface area contributed by atoms with Gasteiger partial charge in [-0.2, -0.15) is 15.5 Å². The van der Waals surface area contributed by atoms with Gasteiger partial charge in [-0.15, -0.1) is 0 Å². The maximum absolute atomic E-state index is 13.3. The summed E-state index contributed by atoms with van der Waals surface area (Å²) in [6, 6.07) is 8.84. The summed E-state index contributed by atoms with van der Waals surface area (Å²) in [7, 11) is 0. The van der Waals surface area contributed by atoms with Crippen LogP contribution < -0.4 is 4.74 Å². The van der Waals surface area contributed by atoms with Crippen LogP contribution in [0.25, 0.3) is 16.8 Å². The van der Waals surface area contributed by atoms with E-state index >= 15 is 0 Å². The molecular formula is C26H26FN7O2. The van der Waals surface area contributed by atoms with Crippen LogP contribution in [-0.2, 0) is 4.79 Å². The molecule has 4 aromatic heterocycles. The number of aromatic nitrogens is 5. The molecule has 9 nitrogen and oxygen atoms in total. The Kier molecular flexibility index (Phi) is 6.14. The van der Waals surface area contributed by atoms with Crippen molar-refractivity contribution in [1.29, 1.82) is 5.26 Å². The number of hydrogen-bond donors (Lipinski definition) is 0. The van der Waals surface area contributed by atoms with Gasteiger partial charge in [0.2, 0.25) is 5.91 Å². The Labute approximate surface area is 207 Å². The molecule has 1 aliphatic heterocycles. The number of halogens is 1. The summed E-state index contributed by atoms with van der Waals surface area (Å²) < 4.78 is 23.0. The molecule has 36 heavy (non-hydrogen) atoms. The molecule has 1 fully saturated rings. The Bertz CT molecular complexity index is 1470. The zero-order chi connectivity index (χ0) is 25.4. The van der Waals surface area contributed by atoms with Gasteiger partial charge in [-0.25, -0.2) is 8.91 Å². The first-order valence-electron chi connectivity index (χ1n) is 11.9. The van der Waals surface area contributed by atoms with Crippen molar-refractivity contribution in [3.05, 3.63) is 65.6 Å². The van der Waals surface area contributed by atoms with Crippen LogP contribution in [0, 0.1) is 24.1 Å². The van der Waals surface area contributed by atoms with Crippen molar-refractivity contribution in [3.63, 3.8) is 0 Å². The van der Waals surface area contributed by atoms with E-state index < -0.39 is 11.9 Å². The van der Waals surface area contributed by atoms with Crippen molar-refractivity contribution in [2.45, 2.75) is 45.8 Å². The van der Waals surface area contributed by atoms with Gasteiger partial charge >= 0.3 is 0 Å². The molecule has 0 N–H and O–H groups in total. The van der Waals surface area contributed by atoms with E-state index in [2.05, 4.69) is 16.2 Å². The molecule has 5 heterocycles. The molecule has 4 aromatic rings. The van der Waals surface area contributed by atoms with Crippen molar-refractivity contribution >= 4 is 11.4 Å². The van der Waals surface area contributed by atoms with Crippen LogP contribution in [0.5, 0.6) is 5.75 Å². The minimum Gasteiger partial charge on any atom is -0.482 e. The highest BCUT2D eigenvalue weighted by Gasteiger charge is 2.27. The molecule has 10 heteroatoms. The average molecular weight is 488 g/mol. The zero-order valence-corrected chi connectivity index (χ0v) is 20.3. The smallest absolute Gasteiger partial charge is 0.219 e. The highest BCUT2D eigenvalue weighted by atomic mass is 19.1. The number of carbonyl (C=O) groups excluding carboxylic acids is 1. The molecule has 2 atom stereocenters. The fourth-order valence-corrected chi connectivity index (χ4v) is 4.80. The molecule has 0 aliphatic carbocycles. The number of rotatable bonds is 5. The van der Waals surface area contributed by atoms with Gasteiger partial charge in [-0.05, 0) is 51.0 Å². The lowest BCUT2D eigenvalue weighted by atomic mass is 10.0. The van der Waals surface area contributed by atoms with Crippen molar-refractivity contribution in [2.24, 2.45) is 0 Å². The molecule has 0 spiro atoms.